The van der Waals surface area contributed by atoms with E-state index < -0.39 is 0 Å². The van der Waals surface area contributed by atoms with E-state index in [1.54, 1.807) is 12.4 Å². The van der Waals surface area contributed by atoms with Gasteiger partial charge < -0.3 is 15.0 Å². The third-order valence-electron chi connectivity index (χ3n) is 4.44. The van der Waals surface area contributed by atoms with Gasteiger partial charge in [0.05, 0.1) is 24.6 Å². The Hall–Kier alpha value is -3.06. The summed E-state index contributed by atoms with van der Waals surface area (Å²) in [6.45, 7) is 7.20. The van der Waals surface area contributed by atoms with Crippen LogP contribution in [0.4, 0.5) is 17.3 Å². The molecule has 0 atom stereocenters. The van der Waals surface area contributed by atoms with Gasteiger partial charge in [-0.05, 0) is 38.1 Å². The summed E-state index contributed by atoms with van der Waals surface area (Å²) in [5.41, 5.74) is 3.64. The molecular weight excluding hydrogens is 340 g/mol. The van der Waals surface area contributed by atoms with Crippen LogP contribution in [0.1, 0.15) is 11.4 Å². The molecule has 0 saturated carbocycles. The lowest BCUT2D eigenvalue weighted by atomic mass is 10.2. The van der Waals surface area contributed by atoms with Crippen LogP contribution in [-0.4, -0.2) is 46.2 Å². The molecule has 7 nitrogen and oxygen atoms in total. The number of aryl methyl sites for hydroxylation is 2. The maximum absolute atomic E-state index is 5.41. The average Bonchev–Trinajstić information content (AvgIpc) is 2.70. The van der Waals surface area contributed by atoms with Crippen LogP contribution < -0.4 is 10.2 Å². The molecular formula is C20H22N6O. The third kappa shape index (κ3) is 4.03. The summed E-state index contributed by atoms with van der Waals surface area (Å²) < 4.78 is 5.41. The van der Waals surface area contributed by atoms with Crippen molar-refractivity contribution in [1.29, 1.82) is 0 Å². The van der Waals surface area contributed by atoms with Crippen LogP contribution in [0.25, 0.3) is 11.4 Å². The van der Waals surface area contributed by atoms with Crippen molar-refractivity contribution in [3.05, 3.63) is 54.1 Å². The summed E-state index contributed by atoms with van der Waals surface area (Å²) >= 11 is 0. The molecule has 0 aliphatic carbocycles. The van der Waals surface area contributed by atoms with Gasteiger partial charge in [0.15, 0.2) is 5.82 Å². The van der Waals surface area contributed by atoms with Crippen LogP contribution in [0, 0.1) is 13.8 Å². The molecule has 3 aromatic rings. The first-order chi connectivity index (χ1) is 13.2. The normalized spacial score (nSPS) is 14.2. The highest BCUT2D eigenvalue weighted by Gasteiger charge is 2.14. The molecule has 0 unspecified atom stereocenters. The number of rotatable bonds is 4. The largest absolute Gasteiger partial charge is 0.378 e. The fourth-order valence-corrected chi connectivity index (χ4v) is 3.04. The van der Waals surface area contributed by atoms with E-state index in [-0.39, 0.29) is 0 Å². The highest BCUT2D eigenvalue weighted by atomic mass is 16.5. The Morgan fingerprint density at radius 3 is 2.63 bits per heavy atom. The number of nitrogens with one attached hydrogen (secondary N) is 1. The maximum atomic E-state index is 5.41. The lowest BCUT2D eigenvalue weighted by Gasteiger charge is -2.28. The van der Waals surface area contributed by atoms with Crippen molar-refractivity contribution in [2.24, 2.45) is 0 Å². The zero-order valence-electron chi connectivity index (χ0n) is 15.5. The van der Waals surface area contributed by atoms with Gasteiger partial charge in [0.25, 0.3) is 0 Å². The minimum absolute atomic E-state index is 0.654. The standard InChI is InChI=1S/C20H22N6O/c1-14-12-18(25-20(22-14)16-4-3-7-21-13-16)24-17-5-6-19(23-15(17)2)26-8-10-27-11-9-26/h3-7,12-13H,8-11H2,1-2H3,(H,22,24,25). The highest BCUT2D eigenvalue weighted by Crippen LogP contribution is 2.24. The van der Waals surface area contributed by atoms with Gasteiger partial charge in [-0.3, -0.25) is 4.98 Å². The van der Waals surface area contributed by atoms with E-state index in [4.69, 9.17) is 9.72 Å². The van der Waals surface area contributed by atoms with Crippen LogP contribution in [0.5, 0.6) is 0 Å². The monoisotopic (exact) mass is 362 g/mol. The maximum Gasteiger partial charge on any atom is 0.163 e. The van der Waals surface area contributed by atoms with Crippen LogP contribution in [0.2, 0.25) is 0 Å². The zero-order valence-corrected chi connectivity index (χ0v) is 15.5. The Kier molecular flexibility index (Phi) is 4.93. The van der Waals surface area contributed by atoms with Gasteiger partial charge in [-0.1, -0.05) is 0 Å². The molecule has 4 heterocycles. The van der Waals surface area contributed by atoms with Crippen molar-refractivity contribution in [2.45, 2.75) is 13.8 Å². The van der Waals surface area contributed by atoms with Crippen molar-refractivity contribution in [3.63, 3.8) is 0 Å². The van der Waals surface area contributed by atoms with E-state index in [1.165, 1.54) is 0 Å². The minimum Gasteiger partial charge on any atom is -0.378 e. The second kappa shape index (κ2) is 7.67. The minimum atomic E-state index is 0.654. The lowest BCUT2D eigenvalue weighted by molar-refractivity contribution is 0.122. The molecule has 1 aliphatic rings. The summed E-state index contributed by atoms with van der Waals surface area (Å²) in [6, 6.07) is 9.85. The van der Waals surface area contributed by atoms with Crippen molar-refractivity contribution < 1.29 is 4.74 Å². The molecule has 3 aromatic heterocycles. The number of nitrogens with zero attached hydrogens (tertiary/aromatic N) is 5. The van der Waals surface area contributed by atoms with E-state index >= 15 is 0 Å². The summed E-state index contributed by atoms with van der Waals surface area (Å²) in [5.74, 6) is 2.38. The zero-order chi connectivity index (χ0) is 18.6. The van der Waals surface area contributed by atoms with E-state index in [1.807, 2.05) is 44.2 Å². The molecule has 1 saturated heterocycles. The highest BCUT2D eigenvalue weighted by molar-refractivity contribution is 5.64. The molecule has 4 rings (SSSR count). The number of ether oxygens (including phenoxy) is 1. The molecule has 1 N–H and O–H groups in total. The van der Waals surface area contributed by atoms with Gasteiger partial charge in [-0.2, -0.15) is 0 Å². The molecule has 27 heavy (non-hydrogen) atoms. The van der Waals surface area contributed by atoms with Crippen LogP contribution in [0.3, 0.4) is 0 Å². The van der Waals surface area contributed by atoms with Gasteiger partial charge >= 0.3 is 0 Å². The SMILES string of the molecule is Cc1cc(Nc2ccc(N3CCOCC3)nc2C)nc(-c2cccnc2)n1. The fourth-order valence-electron chi connectivity index (χ4n) is 3.04. The molecule has 0 bridgehead atoms. The number of hydrogen-bond donors (Lipinski definition) is 1. The van der Waals surface area contributed by atoms with Crippen LogP contribution in [-0.2, 0) is 4.74 Å². The van der Waals surface area contributed by atoms with Gasteiger partial charge in [-0.15, -0.1) is 0 Å². The third-order valence-corrected chi connectivity index (χ3v) is 4.44. The van der Waals surface area contributed by atoms with E-state index in [0.717, 1.165) is 60.6 Å². The Balaban J connectivity index is 1.58. The van der Waals surface area contributed by atoms with Crippen LogP contribution in [0.15, 0.2) is 42.7 Å². The smallest absolute Gasteiger partial charge is 0.163 e. The van der Waals surface area contributed by atoms with E-state index in [2.05, 4.69) is 25.2 Å². The van der Waals surface area contributed by atoms with Gasteiger partial charge in [-0.25, -0.2) is 15.0 Å². The Labute approximate surface area is 158 Å². The van der Waals surface area contributed by atoms with Crippen LogP contribution >= 0.6 is 0 Å². The second-order valence-electron chi connectivity index (χ2n) is 6.49. The molecule has 1 aliphatic heterocycles. The number of anilines is 3. The first-order valence-corrected chi connectivity index (χ1v) is 9.02. The second-order valence-corrected chi connectivity index (χ2v) is 6.49. The molecule has 7 heteroatoms. The topological polar surface area (TPSA) is 76.1 Å². The van der Waals surface area contributed by atoms with Crippen molar-refractivity contribution in [2.75, 3.05) is 36.5 Å². The number of hydrogen-bond acceptors (Lipinski definition) is 7. The molecule has 0 aromatic carbocycles. The number of pyridine rings is 2. The fraction of sp³-hybridized carbons (Fsp3) is 0.300. The summed E-state index contributed by atoms with van der Waals surface area (Å²) in [5, 5.41) is 3.38. The van der Waals surface area contributed by atoms with Crippen molar-refractivity contribution >= 4 is 17.3 Å². The van der Waals surface area contributed by atoms with Gasteiger partial charge in [0.2, 0.25) is 0 Å². The van der Waals surface area contributed by atoms with E-state index in [9.17, 15) is 0 Å². The average molecular weight is 362 g/mol. The number of morpholine rings is 1. The molecule has 0 radical (unpaired) electrons. The Morgan fingerprint density at radius 1 is 1.04 bits per heavy atom. The lowest BCUT2D eigenvalue weighted by Crippen LogP contribution is -2.36. The first kappa shape index (κ1) is 17.4. The summed E-state index contributed by atoms with van der Waals surface area (Å²) in [6.07, 6.45) is 3.51. The first-order valence-electron chi connectivity index (χ1n) is 9.02. The summed E-state index contributed by atoms with van der Waals surface area (Å²) in [4.78, 5) is 20.3. The van der Waals surface area contributed by atoms with Crippen molar-refractivity contribution in [3.8, 4) is 11.4 Å². The summed E-state index contributed by atoms with van der Waals surface area (Å²) in [7, 11) is 0. The Bertz CT molecular complexity index is 925. The molecule has 0 spiro atoms. The van der Waals surface area contributed by atoms with Gasteiger partial charge in [0.1, 0.15) is 11.6 Å². The molecule has 0 amide bonds. The van der Waals surface area contributed by atoms with Crippen molar-refractivity contribution in [1.82, 2.24) is 19.9 Å². The molecule has 1 fully saturated rings. The molecule has 138 valence electrons. The predicted molar refractivity (Wildman–Crippen MR) is 105 cm³/mol. The van der Waals surface area contributed by atoms with Gasteiger partial charge in [0, 0.05) is 42.8 Å². The quantitative estimate of drug-likeness (QED) is 0.764. The predicted octanol–water partition coefficient (Wildman–Crippen LogP) is 3.13. The van der Waals surface area contributed by atoms with E-state index in [0.29, 0.717) is 5.82 Å². The number of aromatic nitrogens is 4. The Morgan fingerprint density at radius 2 is 1.89 bits per heavy atom.